The molecular weight excluding hydrogens is 236 g/mol. The second-order valence-corrected chi connectivity index (χ2v) is 4.38. The molecule has 0 saturated carbocycles. The summed E-state index contributed by atoms with van der Waals surface area (Å²) in [7, 11) is 0. The first-order chi connectivity index (χ1) is 9.34. The Hall–Kier alpha value is -2.55. The minimum Gasteiger partial charge on any atom is -0.389 e. The van der Waals surface area contributed by atoms with Crippen LogP contribution in [0.5, 0.6) is 0 Å². The molecule has 0 radical (unpaired) electrons. The smallest absolute Gasteiger partial charge is 0.170 e. The molecule has 0 spiro atoms. The molecule has 0 bridgehead atoms. The minimum absolute atomic E-state index is 0.426. The molecule has 0 saturated heterocycles. The molecule has 2 aromatic rings. The molecule has 0 atom stereocenters. The lowest BCUT2D eigenvalue weighted by molar-refractivity contribution is 0.130. The fourth-order valence-corrected chi connectivity index (χ4v) is 2.04. The van der Waals surface area contributed by atoms with Gasteiger partial charge in [0.2, 0.25) is 0 Å². The predicted molar refractivity (Wildman–Crippen MR) is 77.2 cm³/mol. The summed E-state index contributed by atoms with van der Waals surface area (Å²) in [5.74, 6) is 0.426. The van der Waals surface area contributed by atoms with E-state index in [1.807, 2.05) is 54.6 Å². The van der Waals surface area contributed by atoms with Crippen molar-refractivity contribution in [2.24, 2.45) is 10.9 Å². The molecule has 3 nitrogen and oxygen atoms in total. The summed E-state index contributed by atoms with van der Waals surface area (Å²) >= 11 is 0. The summed E-state index contributed by atoms with van der Waals surface area (Å²) < 4.78 is 0. The molecule has 0 aromatic heterocycles. The van der Waals surface area contributed by atoms with Gasteiger partial charge in [0.25, 0.3) is 0 Å². The third-order valence-corrected chi connectivity index (χ3v) is 3.06. The molecule has 0 fully saturated rings. The van der Waals surface area contributed by atoms with Gasteiger partial charge in [-0.15, -0.1) is 0 Å². The second kappa shape index (κ2) is 4.98. The van der Waals surface area contributed by atoms with Crippen LogP contribution in [0, 0.1) is 0 Å². The second-order valence-electron chi connectivity index (χ2n) is 4.38. The molecule has 0 aliphatic heterocycles. The standard InChI is InChI=1S/C16H14N2O/c17-16(15-10-13-8-4-5-9-14(13)15)18-19-11-12-6-2-1-3-7-12/h1-10H,11H2,(H2,17,18). The normalized spacial score (nSPS) is 13.3. The Kier molecular flexibility index (Phi) is 3.02. The summed E-state index contributed by atoms with van der Waals surface area (Å²) in [6, 6.07) is 18.0. The van der Waals surface area contributed by atoms with Crippen molar-refractivity contribution < 1.29 is 4.84 Å². The molecule has 2 N–H and O–H groups in total. The van der Waals surface area contributed by atoms with Crippen LogP contribution in [0.3, 0.4) is 0 Å². The van der Waals surface area contributed by atoms with E-state index in [0.717, 1.165) is 16.7 Å². The number of benzene rings is 2. The highest BCUT2D eigenvalue weighted by Gasteiger charge is 2.18. The molecule has 1 aliphatic rings. The summed E-state index contributed by atoms with van der Waals surface area (Å²) in [6.07, 6.45) is 2.01. The molecule has 3 rings (SSSR count). The van der Waals surface area contributed by atoms with Crippen molar-refractivity contribution in [2.45, 2.75) is 6.61 Å². The zero-order chi connectivity index (χ0) is 13.1. The highest BCUT2D eigenvalue weighted by molar-refractivity contribution is 6.31. The Morgan fingerprint density at radius 2 is 1.74 bits per heavy atom. The highest BCUT2D eigenvalue weighted by atomic mass is 16.6. The molecule has 94 valence electrons. The fraction of sp³-hybridized carbons (Fsp3) is 0.0625. The molecule has 0 amide bonds. The maximum atomic E-state index is 5.91. The quantitative estimate of drug-likeness (QED) is 0.515. The lowest BCUT2D eigenvalue weighted by atomic mass is 9.88. The predicted octanol–water partition coefficient (Wildman–Crippen LogP) is 3.03. The number of nitrogens with zero attached hydrogens (tertiary/aromatic N) is 1. The molecule has 3 heteroatoms. The Morgan fingerprint density at radius 1 is 1.00 bits per heavy atom. The number of hydrogen-bond donors (Lipinski definition) is 1. The van der Waals surface area contributed by atoms with Crippen molar-refractivity contribution in [3.63, 3.8) is 0 Å². The van der Waals surface area contributed by atoms with Crippen molar-refractivity contribution >= 4 is 17.5 Å². The van der Waals surface area contributed by atoms with E-state index in [4.69, 9.17) is 10.6 Å². The maximum Gasteiger partial charge on any atom is 0.170 e. The van der Waals surface area contributed by atoms with Gasteiger partial charge >= 0.3 is 0 Å². The average Bonchev–Trinajstić information content (AvgIpc) is 2.41. The van der Waals surface area contributed by atoms with Gasteiger partial charge in [0.05, 0.1) is 0 Å². The van der Waals surface area contributed by atoms with Crippen LogP contribution in [0.15, 0.2) is 59.8 Å². The van der Waals surface area contributed by atoms with E-state index >= 15 is 0 Å². The number of amidine groups is 1. The zero-order valence-electron chi connectivity index (χ0n) is 10.4. The van der Waals surface area contributed by atoms with Crippen LogP contribution < -0.4 is 5.73 Å². The van der Waals surface area contributed by atoms with Gasteiger partial charge in [-0.05, 0) is 22.8 Å². The van der Waals surface area contributed by atoms with E-state index in [2.05, 4.69) is 11.2 Å². The van der Waals surface area contributed by atoms with Gasteiger partial charge in [0, 0.05) is 5.57 Å². The van der Waals surface area contributed by atoms with Gasteiger partial charge in [0.15, 0.2) is 5.84 Å². The van der Waals surface area contributed by atoms with Crippen LogP contribution in [-0.2, 0) is 11.4 Å². The van der Waals surface area contributed by atoms with E-state index in [-0.39, 0.29) is 0 Å². The maximum absolute atomic E-state index is 5.91. The lowest BCUT2D eigenvalue weighted by Crippen LogP contribution is -2.18. The third kappa shape index (κ3) is 2.36. The van der Waals surface area contributed by atoms with Gasteiger partial charge in [-0.2, -0.15) is 0 Å². The topological polar surface area (TPSA) is 47.6 Å². The van der Waals surface area contributed by atoms with Gasteiger partial charge in [-0.3, -0.25) is 0 Å². The summed E-state index contributed by atoms with van der Waals surface area (Å²) in [6.45, 7) is 0.427. The molecule has 2 aromatic carbocycles. The van der Waals surface area contributed by atoms with Gasteiger partial charge in [-0.25, -0.2) is 0 Å². The van der Waals surface area contributed by atoms with Crippen molar-refractivity contribution in [3.8, 4) is 0 Å². The summed E-state index contributed by atoms with van der Waals surface area (Å²) in [4.78, 5) is 5.28. The van der Waals surface area contributed by atoms with Crippen LogP contribution in [-0.4, -0.2) is 5.84 Å². The summed E-state index contributed by atoms with van der Waals surface area (Å²) in [5, 5.41) is 3.97. The average molecular weight is 250 g/mol. The molecule has 19 heavy (non-hydrogen) atoms. The largest absolute Gasteiger partial charge is 0.389 e. The molecule has 0 heterocycles. The fourth-order valence-electron chi connectivity index (χ4n) is 2.04. The van der Waals surface area contributed by atoms with E-state index in [9.17, 15) is 0 Å². The lowest BCUT2D eigenvalue weighted by Gasteiger charge is -2.18. The van der Waals surface area contributed by atoms with Crippen LogP contribution in [0.25, 0.3) is 11.6 Å². The number of fused-ring (bicyclic) bond motifs is 1. The van der Waals surface area contributed by atoms with E-state index in [0.29, 0.717) is 12.4 Å². The van der Waals surface area contributed by atoms with Crippen molar-refractivity contribution in [2.75, 3.05) is 0 Å². The first kappa shape index (κ1) is 11.5. The van der Waals surface area contributed by atoms with Crippen LogP contribution in [0.1, 0.15) is 16.7 Å². The SMILES string of the molecule is NC(=NOCc1ccccc1)C1=Cc2ccccc21. The highest BCUT2D eigenvalue weighted by Crippen LogP contribution is 2.31. The number of rotatable bonds is 4. The number of nitrogens with two attached hydrogens (primary N) is 1. The number of oxime groups is 1. The first-order valence-electron chi connectivity index (χ1n) is 6.15. The van der Waals surface area contributed by atoms with E-state index in [1.54, 1.807) is 0 Å². The first-order valence-corrected chi connectivity index (χ1v) is 6.15. The van der Waals surface area contributed by atoms with Gasteiger partial charge in [-0.1, -0.05) is 59.8 Å². The Morgan fingerprint density at radius 3 is 2.53 bits per heavy atom. The summed E-state index contributed by atoms with van der Waals surface area (Å²) in [5.41, 5.74) is 10.3. The zero-order valence-corrected chi connectivity index (χ0v) is 10.4. The van der Waals surface area contributed by atoms with Crippen LogP contribution in [0.4, 0.5) is 0 Å². The van der Waals surface area contributed by atoms with Crippen LogP contribution in [0.2, 0.25) is 0 Å². The van der Waals surface area contributed by atoms with Crippen LogP contribution >= 0.6 is 0 Å². The Bertz CT molecular complexity index is 645. The Labute approximate surface area is 112 Å². The van der Waals surface area contributed by atoms with Crippen molar-refractivity contribution in [1.82, 2.24) is 0 Å². The van der Waals surface area contributed by atoms with E-state index in [1.165, 1.54) is 5.56 Å². The van der Waals surface area contributed by atoms with Crippen molar-refractivity contribution in [1.29, 1.82) is 0 Å². The molecule has 0 unspecified atom stereocenters. The van der Waals surface area contributed by atoms with Gasteiger partial charge in [0.1, 0.15) is 6.61 Å². The third-order valence-electron chi connectivity index (χ3n) is 3.06. The van der Waals surface area contributed by atoms with E-state index < -0.39 is 0 Å². The Balaban J connectivity index is 1.63. The number of hydrogen-bond acceptors (Lipinski definition) is 2. The van der Waals surface area contributed by atoms with Crippen molar-refractivity contribution in [3.05, 3.63) is 71.3 Å². The molecule has 1 aliphatic carbocycles. The monoisotopic (exact) mass is 250 g/mol. The minimum atomic E-state index is 0.426. The van der Waals surface area contributed by atoms with Gasteiger partial charge < -0.3 is 10.6 Å². The molecular formula is C16H14N2O.